The number of nitrogens with two attached hydrogens (primary N) is 1. The fraction of sp³-hybridized carbons (Fsp3) is 0.625. The van der Waals surface area contributed by atoms with E-state index in [1.807, 2.05) is 6.92 Å². The summed E-state index contributed by atoms with van der Waals surface area (Å²) in [5, 5.41) is 0. The Morgan fingerprint density at radius 2 is 1.76 bits per heavy atom. The number of hydrogen-bond acceptors (Lipinski definition) is 3. The van der Waals surface area contributed by atoms with Gasteiger partial charge in [-0.2, -0.15) is 4.31 Å². The first-order valence-corrected chi connectivity index (χ1v) is 8.92. The van der Waals surface area contributed by atoms with E-state index >= 15 is 0 Å². The van der Waals surface area contributed by atoms with Gasteiger partial charge in [-0.15, -0.1) is 0 Å². The molecular weight excluding hydrogens is 284 g/mol. The molecule has 1 aliphatic heterocycles. The number of rotatable bonds is 2. The Bertz CT molecular complexity index is 610. The molecule has 1 saturated heterocycles. The second-order valence-electron chi connectivity index (χ2n) is 7.09. The molecule has 1 heterocycles. The lowest BCUT2D eigenvalue weighted by Gasteiger charge is -2.38. The van der Waals surface area contributed by atoms with Crippen molar-refractivity contribution in [3.63, 3.8) is 0 Å². The molecule has 0 unspecified atom stereocenters. The van der Waals surface area contributed by atoms with Gasteiger partial charge in [-0.1, -0.05) is 26.8 Å². The first kappa shape index (κ1) is 16.3. The van der Waals surface area contributed by atoms with Crippen LogP contribution in [0.15, 0.2) is 23.1 Å². The molecule has 0 bridgehead atoms. The molecule has 0 spiro atoms. The van der Waals surface area contributed by atoms with E-state index in [0.29, 0.717) is 24.7 Å². The van der Waals surface area contributed by atoms with Crippen molar-refractivity contribution in [2.75, 3.05) is 18.8 Å². The van der Waals surface area contributed by atoms with E-state index in [1.165, 1.54) is 0 Å². The van der Waals surface area contributed by atoms with E-state index in [2.05, 4.69) is 20.8 Å². The predicted octanol–water partition coefficient (Wildman–Crippen LogP) is 3.02. The van der Waals surface area contributed by atoms with Crippen molar-refractivity contribution < 1.29 is 8.42 Å². The fourth-order valence-electron chi connectivity index (χ4n) is 3.00. The maximum Gasteiger partial charge on any atom is 0.245 e. The Morgan fingerprint density at radius 3 is 2.24 bits per heavy atom. The highest BCUT2D eigenvalue weighted by atomic mass is 32.2. The van der Waals surface area contributed by atoms with Gasteiger partial charge in [0.1, 0.15) is 4.90 Å². The number of hydrogen-bond donors (Lipinski definition) is 1. The number of benzene rings is 1. The number of anilines is 1. The molecule has 0 amide bonds. The van der Waals surface area contributed by atoms with Crippen molar-refractivity contribution in [1.82, 2.24) is 4.31 Å². The SMILES string of the molecule is Cc1ccc(S(=O)(=O)N2CCC(C(C)(C)C)CC2)c(N)c1. The topological polar surface area (TPSA) is 63.4 Å². The molecule has 0 atom stereocenters. The van der Waals surface area contributed by atoms with Crippen LogP contribution in [0.3, 0.4) is 0 Å². The quantitative estimate of drug-likeness (QED) is 0.854. The summed E-state index contributed by atoms with van der Waals surface area (Å²) in [6.07, 6.45) is 1.82. The molecule has 0 saturated carbocycles. The Morgan fingerprint density at radius 1 is 1.19 bits per heavy atom. The Balaban J connectivity index is 2.19. The van der Waals surface area contributed by atoms with Crippen molar-refractivity contribution in [3.8, 4) is 0 Å². The standard InChI is InChI=1S/C16H26N2O2S/c1-12-5-6-15(14(17)11-12)21(19,20)18-9-7-13(8-10-18)16(2,3)4/h5-6,11,13H,7-10,17H2,1-4H3. The average molecular weight is 310 g/mol. The highest BCUT2D eigenvalue weighted by molar-refractivity contribution is 7.89. The zero-order valence-electron chi connectivity index (χ0n) is 13.4. The lowest BCUT2D eigenvalue weighted by molar-refractivity contribution is 0.154. The van der Waals surface area contributed by atoms with Gasteiger partial charge in [0.25, 0.3) is 0 Å². The number of nitrogen functional groups attached to an aromatic ring is 1. The van der Waals surface area contributed by atoms with Gasteiger partial charge < -0.3 is 5.73 Å². The minimum absolute atomic E-state index is 0.235. The van der Waals surface area contributed by atoms with Gasteiger partial charge in [-0.25, -0.2) is 8.42 Å². The summed E-state index contributed by atoms with van der Waals surface area (Å²) in [6, 6.07) is 5.13. The van der Waals surface area contributed by atoms with Gasteiger partial charge in [0, 0.05) is 13.1 Å². The van der Waals surface area contributed by atoms with Crippen molar-refractivity contribution >= 4 is 15.7 Å². The van der Waals surface area contributed by atoms with Crippen LogP contribution in [0.4, 0.5) is 5.69 Å². The van der Waals surface area contributed by atoms with E-state index in [9.17, 15) is 8.42 Å². The second kappa shape index (κ2) is 5.61. The van der Waals surface area contributed by atoms with Crippen molar-refractivity contribution in [2.24, 2.45) is 11.3 Å². The molecule has 4 nitrogen and oxygen atoms in total. The molecule has 1 aliphatic rings. The smallest absolute Gasteiger partial charge is 0.245 e. The first-order valence-electron chi connectivity index (χ1n) is 7.48. The minimum atomic E-state index is -3.47. The van der Waals surface area contributed by atoms with E-state index in [4.69, 9.17) is 5.73 Å². The third-order valence-electron chi connectivity index (χ3n) is 4.46. The maximum absolute atomic E-state index is 12.7. The zero-order valence-corrected chi connectivity index (χ0v) is 14.2. The fourth-order valence-corrected chi connectivity index (χ4v) is 4.57. The van der Waals surface area contributed by atoms with Gasteiger partial charge in [0.15, 0.2) is 0 Å². The molecule has 1 fully saturated rings. The third-order valence-corrected chi connectivity index (χ3v) is 6.43. The first-order chi connectivity index (χ1) is 9.62. The number of sulfonamides is 1. The largest absolute Gasteiger partial charge is 0.398 e. The van der Waals surface area contributed by atoms with Crippen molar-refractivity contribution in [3.05, 3.63) is 23.8 Å². The number of aryl methyl sites for hydroxylation is 1. The monoisotopic (exact) mass is 310 g/mol. The molecule has 118 valence electrons. The van der Waals surface area contributed by atoms with Crippen LogP contribution in [0.1, 0.15) is 39.2 Å². The summed E-state index contributed by atoms with van der Waals surface area (Å²) in [6.45, 7) is 9.73. The molecule has 5 heteroatoms. The molecule has 0 aliphatic carbocycles. The summed E-state index contributed by atoms with van der Waals surface area (Å²) in [5.74, 6) is 0.569. The van der Waals surface area contributed by atoms with Crippen LogP contribution in [0.5, 0.6) is 0 Å². The molecule has 1 aromatic carbocycles. The summed E-state index contributed by atoms with van der Waals surface area (Å²) in [4.78, 5) is 0.238. The van der Waals surface area contributed by atoms with Gasteiger partial charge in [-0.05, 0) is 48.8 Å². The maximum atomic E-state index is 12.7. The number of nitrogens with zero attached hydrogens (tertiary/aromatic N) is 1. The molecule has 0 aromatic heterocycles. The van der Waals surface area contributed by atoms with Gasteiger partial charge >= 0.3 is 0 Å². The summed E-state index contributed by atoms with van der Waals surface area (Å²) in [7, 11) is -3.47. The highest BCUT2D eigenvalue weighted by Gasteiger charge is 2.34. The van der Waals surface area contributed by atoms with Crippen LogP contribution < -0.4 is 5.73 Å². The van der Waals surface area contributed by atoms with Gasteiger partial charge in [0.2, 0.25) is 10.0 Å². The lowest BCUT2D eigenvalue weighted by atomic mass is 9.76. The van der Waals surface area contributed by atoms with E-state index < -0.39 is 10.0 Å². The van der Waals surface area contributed by atoms with Crippen LogP contribution in [0, 0.1) is 18.3 Å². The zero-order chi connectivity index (χ0) is 15.8. The van der Waals surface area contributed by atoms with Crippen LogP contribution >= 0.6 is 0 Å². The Kier molecular flexibility index (Phi) is 4.36. The normalized spacial score (nSPS) is 18.9. The molecule has 0 radical (unpaired) electrons. The van der Waals surface area contributed by atoms with Crippen molar-refractivity contribution in [2.45, 2.75) is 45.4 Å². The molecule has 2 N–H and O–H groups in total. The molecule has 21 heavy (non-hydrogen) atoms. The highest BCUT2D eigenvalue weighted by Crippen LogP contribution is 2.36. The third kappa shape index (κ3) is 3.40. The molecule has 1 aromatic rings. The molecule has 2 rings (SSSR count). The Labute approximate surface area is 128 Å². The Hall–Kier alpha value is -1.07. The van der Waals surface area contributed by atoms with Crippen molar-refractivity contribution in [1.29, 1.82) is 0 Å². The van der Waals surface area contributed by atoms with Crippen LogP contribution in [0.2, 0.25) is 0 Å². The van der Waals surface area contributed by atoms with E-state index in [0.717, 1.165) is 18.4 Å². The van der Waals surface area contributed by atoms with Crippen LogP contribution in [-0.2, 0) is 10.0 Å². The lowest BCUT2D eigenvalue weighted by Crippen LogP contribution is -2.41. The van der Waals surface area contributed by atoms with E-state index in [-0.39, 0.29) is 10.3 Å². The average Bonchev–Trinajstić information content (AvgIpc) is 2.37. The van der Waals surface area contributed by atoms with Crippen LogP contribution in [-0.4, -0.2) is 25.8 Å². The minimum Gasteiger partial charge on any atom is -0.398 e. The second-order valence-corrected chi connectivity index (χ2v) is 8.99. The molecular formula is C16H26N2O2S. The summed E-state index contributed by atoms with van der Waals surface area (Å²) >= 11 is 0. The summed E-state index contributed by atoms with van der Waals surface area (Å²) in [5.41, 5.74) is 7.45. The summed E-state index contributed by atoms with van der Waals surface area (Å²) < 4.78 is 27.0. The number of piperidine rings is 1. The van der Waals surface area contributed by atoms with Gasteiger partial charge in [0.05, 0.1) is 5.69 Å². The van der Waals surface area contributed by atoms with E-state index in [1.54, 1.807) is 22.5 Å². The van der Waals surface area contributed by atoms with Crippen LogP contribution in [0.25, 0.3) is 0 Å². The predicted molar refractivity (Wildman–Crippen MR) is 86.5 cm³/mol. The van der Waals surface area contributed by atoms with Gasteiger partial charge in [-0.3, -0.25) is 0 Å².